The number of guanidine groups is 1. The molecule has 0 amide bonds. The molecule has 62 valence electrons. The van der Waals surface area contributed by atoms with Crippen molar-refractivity contribution < 1.29 is 0 Å². The molecule has 0 radical (unpaired) electrons. The van der Waals surface area contributed by atoms with Crippen molar-refractivity contribution >= 4 is 5.96 Å². The van der Waals surface area contributed by atoms with Crippen LogP contribution in [0.5, 0.6) is 0 Å². The van der Waals surface area contributed by atoms with Gasteiger partial charge < -0.3 is 5.32 Å². The van der Waals surface area contributed by atoms with Crippen LogP contribution in [0.1, 0.15) is 25.7 Å². The third-order valence-corrected chi connectivity index (χ3v) is 1.91. The minimum absolute atomic E-state index is 0.535. The number of rotatable bonds is 2. The number of nitrogens with zero attached hydrogens (tertiary/aromatic N) is 1. The zero-order valence-electron chi connectivity index (χ0n) is 6.51. The molecule has 0 aromatic heterocycles. The highest BCUT2D eigenvalue weighted by atomic mass is 15.3. The van der Waals surface area contributed by atoms with E-state index in [1.54, 1.807) is 0 Å². The molecule has 4 N–H and O–H groups in total. The van der Waals surface area contributed by atoms with Crippen molar-refractivity contribution in [2.45, 2.75) is 37.8 Å². The van der Waals surface area contributed by atoms with Gasteiger partial charge in [0.2, 0.25) is 5.96 Å². The Hall–Kier alpha value is -0.770. The molecule has 2 aliphatic rings. The molecule has 4 nitrogen and oxygen atoms in total. The van der Waals surface area contributed by atoms with Gasteiger partial charge in [0.1, 0.15) is 0 Å². The highest BCUT2D eigenvalue weighted by Gasteiger charge is 2.25. The predicted octanol–water partition coefficient (Wildman–Crippen LogP) is -0.280. The Morgan fingerprint density at radius 1 is 1.27 bits per heavy atom. The first-order valence-electron chi connectivity index (χ1n) is 4.19. The van der Waals surface area contributed by atoms with E-state index in [9.17, 15) is 0 Å². The maximum Gasteiger partial charge on any atom is 0.206 e. The van der Waals surface area contributed by atoms with Crippen LogP contribution >= 0.6 is 0 Å². The van der Waals surface area contributed by atoms with Crippen LogP contribution in [0.25, 0.3) is 0 Å². The first kappa shape index (κ1) is 6.91. The lowest BCUT2D eigenvalue weighted by Crippen LogP contribution is -2.42. The summed E-state index contributed by atoms with van der Waals surface area (Å²) in [5.41, 5.74) is 2.58. The maximum absolute atomic E-state index is 5.28. The van der Waals surface area contributed by atoms with E-state index in [1.165, 1.54) is 25.7 Å². The molecule has 0 atom stereocenters. The van der Waals surface area contributed by atoms with Gasteiger partial charge in [0.15, 0.2) is 0 Å². The van der Waals surface area contributed by atoms with E-state index >= 15 is 0 Å². The van der Waals surface area contributed by atoms with Crippen molar-refractivity contribution in [3.05, 3.63) is 0 Å². The van der Waals surface area contributed by atoms with Gasteiger partial charge in [-0.05, 0) is 25.7 Å². The van der Waals surface area contributed by atoms with Gasteiger partial charge in [-0.1, -0.05) is 0 Å². The molecule has 0 spiro atoms. The van der Waals surface area contributed by atoms with Gasteiger partial charge in [-0.3, -0.25) is 5.43 Å². The van der Waals surface area contributed by atoms with Gasteiger partial charge in [-0.25, -0.2) is 10.8 Å². The zero-order chi connectivity index (χ0) is 7.68. The normalized spacial score (nSPS) is 25.0. The van der Waals surface area contributed by atoms with Crippen molar-refractivity contribution in [2.24, 2.45) is 10.8 Å². The highest BCUT2D eigenvalue weighted by molar-refractivity contribution is 5.80. The van der Waals surface area contributed by atoms with Crippen LogP contribution in [-0.2, 0) is 0 Å². The molecule has 2 aliphatic carbocycles. The second-order valence-electron chi connectivity index (χ2n) is 3.27. The third kappa shape index (κ3) is 2.08. The summed E-state index contributed by atoms with van der Waals surface area (Å²) >= 11 is 0. The van der Waals surface area contributed by atoms with Gasteiger partial charge in [-0.2, -0.15) is 0 Å². The van der Waals surface area contributed by atoms with E-state index in [1.807, 2.05) is 0 Å². The molecule has 2 fully saturated rings. The quantitative estimate of drug-likeness (QED) is 0.222. The van der Waals surface area contributed by atoms with Gasteiger partial charge in [-0.15, -0.1) is 0 Å². The summed E-state index contributed by atoms with van der Waals surface area (Å²) in [6, 6.07) is 1.16. The summed E-state index contributed by atoms with van der Waals surface area (Å²) in [6.07, 6.45) is 4.95. The van der Waals surface area contributed by atoms with E-state index in [0.717, 1.165) is 5.96 Å². The molecule has 4 heteroatoms. The van der Waals surface area contributed by atoms with E-state index in [-0.39, 0.29) is 0 Å². The minimum Gasteiger partial charge on any atom is -0.353 e. The second-order valence-corrected chi connectivity index (χ2v) is 3.27. The summed E-state index contributed by atoms with van der Waals surface area (Å²) in [5.74, 6) is 6.05. The Morgan fingerprint density at radius 2 is 2.00 bits per heavy atom. The molecule has 0 aromatic rings. The van der Waals surface area contributed by atoms with E-state index in [4.69, 9.17) is 5.84 Å². The fourth-order valence-corrected chi connectivity index (χ4v) is 0.923. The first-order valence-corrected chi connectivity index (χ1v) is 4.19. The number of hydrogen-bond acceptors (Lipinski definition) is 2. The van der Waals surface area contributed by atoms with Crippen molar-refractivity contribution in [1.29, 1.82) is 0 Å². The van der Waals surface area contributed by atoms with Crippen molar-refractivity contribution in [1.82, 2.24) is 10.7 Å². The van der Waals surface area contributed by atoms with Gasteiger partial charge in [0.05, 0.1) is 6.04 Å². The molecule has 0 aromatic carbocycles. The molecule has 0 bridgehead atoms. The average molecular weight is 154 g/mol. The molecular formula is C7H14N4. The zero-order valence-corrected chi connectivity index (χ0v) is 6.51. The largest absolute Gasteiger partial charge is 0.353 e. The van der Waals surface area contributed by atoms with Crippen LogP contribution in [0, 0.1) is 0 Å². The number of hydrogen-bond donors (Lipinski definition) is 3. The summed E-state index contributed by atoms with van der Waals surface area (Å²) in [5, 5.41) is 3.23. The molecule has 0 saturated heterocycles. The van der Waals surface area contributed by atoms with Crippen LogP contribution in [0.4, 0.5) is 0 Å². The number of nitrogens with one attached hydrogen (secondary N) is 2. The SMILES string of the molecule is NNC(=NC1CC1)NC1CC1. The van der Waals surface area contributed by atoms with E-state index in [2.05, 4.69) is 15.7 Å². The van der Waals surface area contributed by atoms with Gasteiger partial charge >= 0.3 is 0 Å². The van der Waals surface area contributed by atoms with Crippen LogP contribution in [0.3, 0.4) is 0 Å². The van der Waals surface area contributed by atoms with Crippen LogP contribution in [-0.4, -0.2) is 18.0 Å². The highest BCUT2D eigenvalue weighted by Crippen LogP contribution is 2.24. The third-order valence-electron chi connectivity index (χ3n) is 1.91. The van der Waals surface area contributed by atoms with Gasteiger partial charge in [0.25, 0.3) is 0 Å². The first-order chi connectivity index (χ1) is 5.38. The fraction of sp³-hybridized carbons (Fsp3) is 0.857. The maximum atomic E-state index is 5.28. The lowest BCUT2D eigenvalue weighted by Gasteiger charge is -2.06. The topological polar surface area (TPSA) is 62.4 Å². The molecule has 0 heterocycles. The monoisotopic (exact) mass is 154 g/mol. The molecule has 11 heavy (non-hydrogen) atoms. The summed E-state index contributed by atoms with van der Waals surface area (Å²) in [4.78, 5) is 4.36. The number of nitrogens with two attached hydrogens (primary N) is 1. The smallest absolute Gasteiger partial charge is 0.206 e. The molecular weight excluding hydrogens is 140 g/mol. The Bertz CT molecular complexity index is 169. The fourth-order valence-electron chi connectivity index (χ4n) is 0.923. The second kappa shape index (κ2) is 2.70. The van der Waals surface area contributed by atoms with Crippen molar-refractivity contribution in [3.63, 3.8) is 0 Å². The average Bonchev–Trinajstić information content (AvgIpc) is 2.78. The molecule has 2 saturated carbocycles. The molecule has 0 aliphatic heterocycles. The Kier molecular flexibility index (Phi) is 1.69. The van der Waals surface area contributed by atoms with Gasteiger partial charge in [0, 0.05) is 6.04 Å². The Balaban J connectivity index is 1.82. The van der Waals surface area contributed by atoms with Crippen LogP contribution in [0.2, 0.25) is 0 Å². The van der Waals surface area contributed by atoms with Crippen LogP contribution in [0.15, 0.2) is 4.99 Å². The van der Waals surface area contributed by atoms with E-state index in [0.29, 0.717) is 12.1 Å². The van der Waals surface area contributed by atoms with Crippen molar-refractivity contribution in [2.75, 3.05) is 0 Å². The summed E-state index contributed by atoms with van der Waals surface area (Å²) in [6.45, 7) is 0. The van der Waals surface area contributed by atoms with Crippen LogP contribution < -0.4 is 16.6 Å². The summed E-state index contributed by atoms with van der Waals surface area (Å²) < 4.78 is 0. The standard InChI is InChI=1S/C7H14N4/c8-11-7(9-5-1-2-5)10-6-3-4-6/h5-6H,1-4,8H2,(H2,9,10,11). The summed E-state index contributed by atoms with van der Waals surface area (Å²) in [7, 11) is 0. The van der Waals surface area contributed by atoms with E-state index < -0.39 is 0 Å². The Labute approximate surface area is 66.2 Å². The van der Waals surface area contributed by atoms with Crippen molar-refractivity contribution in [3.8, 4) is 0 Å². The lowest BCUT2D eigenvalue weighted by molar-refractivity contribution is 0.820. The molecule has 0 unspecified atom stereocenters. The number of hydrazine groups is 1. The predicted molar refractivity (Wildman–Crippen MR) is 43.9 cm³/mol. The lowest BCUT2D eigenvalue weighted by atomic mass is 10.6. The number of aliphatic imine (C=N–C) groups is 1. The minimum atomic E-state index is 0.535. The Morgan fingerprint density at radius 3 is 2.45 bits per heavy atom. The molecule has 2 rings (SSSR count).